The van der Waals surface area contributed by atoms with E-state index in [1.807, 2.05) is 97.9 Å². The average Bonchev–Trinajstić information content (AvgIpc) is 3.58. The maximum absolute atomic E-state index is 13.2. The predicted molar refractivity (Wildman–Crippen MR) is 213 cm³/mol. The number of benzene rings is 3. The number of esters is 1. The average molecular weight is 802 g/mol. The standard InChI is InChI=1S/C46H59NO11/c1-30-37(40-41(58-46(57-40)24-16-9-17-25-46)43(54-30)52-28-34-22-14-8-15-23-34)56-42-36(47-31(2)48)39(51-27-33-20-12-7-13-21-33)38(50-26-32-18-10-6-11-19-32)35(55-42)29-53-44(49)45(3,4)5/h6-8,10-15,18-23,30,35-43H,9,16-17,24-29H2,1-5H3,(H,47,48)/t30-,35+,36-,37-,38+,39+,40+,41+,42+,43+/m0/s1. The number of amides is 1. The number of nitrogens with one attached hydrogen (secondary N) is 1. The van der Waals surface area contributed by atoms with Gasteiger partial charge < -0.3 is 47.9 Å². The van der Waals surface area contributed by atoms with Gasteiger partial charge in [-0.25, -0.2) is 0 Å². The molecule has 0 radical (unpaired) electrons. The molecule has 1 spiro atoms. The van der Waals surface area contributed by atoms with Crippen LogP contribution < -0.4 is 5.32 Å². The Morgan fingerprint density at radius 1 is 0.690 bits per heavy atom. The quantitative estimate of drug-likeness (QED) is 0.174. The number of rotatable bonds is 14. The van der Waals surface area contributed by atoms with Gasteiger partial charge in [-0.05, 0) is 57.2 Å². The molecule has 4 aliphatic rings. The van der Waals surface area contributed by atoms with Gasteiger partial charge in [-0.2, -0.15) is 0 Å². The maximum atomic E-state index is 13.2. The summed E-state index contributed by atoms with van der Waals surface area (Å²) in [6, 6.07) is 28.6. The minimum Gasteiger partial charge on any atom is -0.462 e. The van der Waals surface area contributed by atoms with E-state index in [2.05, 4.69) is 5.32 Å². The van der Waals surface area contributed by atoms with Gasteiger partial charge in [0.2, 0.25) is 5.91 Å². The van der Waals surface area contributed by atoms with Crippen molar-refractivity contribution in [2.75, 3.05) is 6.61 Å². The van der Waals surface area contributed by atoms with Crippen molar-refractivity contribution in [3.05, 3.63) is 108 Å². The van der Waals surface area contributed by atoms with E-state index in [0.717, 1.165) is 48.8 Å². The fraction of sp³-hybridized carbons (Fsp3) is 0.565. The molecule has 0 unspecified atom stereocenters. The lowest BCUT2D eigenvalue weighted by Crippen LogP contribution is -2.68. The molecule has 12 nitrogen and oxygen atoms in total. The Labute approximate surface area is 342 Å². The molecule has 12 heteroatoms. The van der Waals surface area contributed by atoms with Gasteiger partial charge in [-0.1, -0.05) is 97.4 Å². The van der Waals surface area contributed by atoms with Gasteiger partial charge in [-0.15, -0.1) is 0 Å². The van der Waals surface area contributed by atoms with Crippen LogP contribution in [0.4, 0.5) is 0 Å². The number of ether oxygens (including phenoxy) is 9. The Hall–Kier alpha value is -3.72. The Morgan fingerprint density at radius 3 is 1.78 bits per heavy atom. The summed E-state index contributed by atoms with van der Waals surface area (Å²) in [5.74, 6) is -1.49. The lowest BCUT2D eigenvalue weighted by atomic mass is 9.94. The topological polar surface area (TPSA) is 129 Å². The molecule has 1 saturated carbocycles. The van der Waals surface area contributed by atoms with Crippen molar-refractivity contribution in [1.82, 2.24) is 5.32 Å². The Bertz CT molecular complexity index is 1750. The van der Waals surface area contributed by atoms with E-state index in [1.165, 1.54) is 6.92 Å². The number of hydrogen-bond acceptors (Lipinski definition) is 11. The molecule has 7 rings (SSSR count). The van der Waals surface area contributed by atoms with Gasteiger partial charge >= 0.3 is 5.97 Å². The van der Waals surface area contributed by atoms with Gasteiger partial charge in [-0.3, -0.25) is 9.59 Å². The molecular weight excluding hydrogens is 743 g/mol. The number of carbonyl (C=O) groups is 2. The van der Waals surface area contributed by atoms with Crippen LogP contribution in [0.5, 0.6) is 0 Å². The first-order chi connectivity index (χ1) is 28.0. The summed E-state index contributed by atoms with van der Waals surface area (Å²) in [5.41, 5.74) is 2.11. The Balaban J connectivity index is 1.20. The fourth-order valence-electron chi connectivity index (χ4n) is 8.16. The van der Waals surface area contributed by atoms with Crippen LogP contribution in [0.3, 0.4) is 0 Å². The number of fused-ring (bicyclic) bond motifs is 1. The summed E-state index contributed by atoms with van der Waals surface area (Å²) in [7, 11) is 0. The van der Waals surface area contributed by atoms with E-state index in [4.69, 9.17) is 42.6 Å². The van der Waals surface area contributed by atoms with E-state index in [1.54, 1.807) is 20.8 Å². The third kappa shape index (κ3) is 10.5. The normalized spacial score (nSPS) is 30.7. The molecule has 1 aliphatic carbocycles. The van der Waals surface area contributed by atoms with Gasteiger partial charge in [0.1, 0.15) is 49.3 Å². The van der Waals surface area contributed by atoms with Crippen LogP contribution in [0.25, 0.3) is 0 Å². The van der Waals surface area contributed by atoms with Crippen molar-refractivity contribution in [3.8, 4) is 0 Å². The molecule has 10 atom stereocenters. The van der Waals surface area contributed by atoms with Gasteiger partial charge in [0, 0.05) is 19.8 Å². The van der Waals surface area contributed by atoms with Crippen LogP contribution in [0, 0.1) is 5.41 Å². The first-order valence-electron chi connectivity index (χ1n) is 20.7. The zero-order valence-electron chi connectivity index (χ0n) is 34.3. The lowest BCUT2D eigenvalue weighted by Gasteiger charge is -2.48. The highest BCUT2D eigenvalue weighted by atomic mass is 16.8. The monoisotopic (exact) mass is 801 g/mol. The summed E-state index contributed by atoms with van der Waals surface area (Å²) in [6.07, 6.45) is -2.16. The van der Waals surface area contributed by atoms with E-state index < -0.39 is 78.5 Å². The molecular formula is C46H59NO11. The molecule has 4 fully saturated rings. The van der Waals surface area contributed by atoms with Crippen molar-refractivity contribution >= 4 is 11.9 Å². The molecule has 0 bridgehead atoms. The minimum atomic E-state index is -1.11. The van der Waals surface area contributed by atoms with Crippen LogP contribution in [-0.2, 0) is 72.0 Å². The third-order valence-electron chi connectivity index (χ3n) is 11.2. The summed E-state index contributed by atoms with van der Waals surface area (Å²) >= 11 is 0. The molecule has 3 aromatic rings. The second-order valence-corrected chi connectivity index (χ2v) is 16.9. The van der Waals surface area contributed by atoms with Crippen LogP contribution >= 0.6 is 0 Å². The van der Waals surface area contributed by atoms with Crippen LogP contribution in [0.15, 0.2) is 91.0 Å². The largest absolute Gasteiger partial charge is 0.462 e. The third-order valence-corrected chi connectivity index (χ3v) is 11.2. The molecule has 3 aliphatic heterocycles. The van der Waals surface area contributed by atoms with E-state index in [0.29, 0.717) is 6.61 Å². The molecule has 58 heavy (non-hydrogen) atoms. The van der Waals surface area contributed by atoms with Crippen molar-refractivity contribution in [1.29, 1.82) is 0 Å². The van der Waals surface area contributed by atoms with Gasteiger partial charge in [0.25, 0.3) is 0 Å². The summed E-state index contributed by atoms with van der Waals surface area (Å²) in [5, 5.41) is 3.08. The number of hydrogen-bond donors (Lipinski definition) is 1. The van der Waals surface area contributed by atoms with Crippen molar-refractivity contribution in [3.63, 3.8) is 0 Å². The highest BCUT2D eigenvalue weighted by molar-refractivity contribution is 5.75. The Morgan fingerprint density at radius 2 is 1.22 bits per heavy atom. The summed E-state index contributed by atoms with van der Waals surface area (Å²) < 4.78 is 59.9. The van der Waals surface area contributed by atoms with E-state index >= 15 is 0 Å². The first-order valence-corrected chi connectivity index (χ1v) is 20.7. The zero-order chi connectivity index (χ0) is 40.7. The summed E-state index contributed by atoms with van der Waals surface area (Å²) in [4.78, 5) is 26.3. The van der Waals surface area contributed by atoms with Crippen molar-refractivity contribution in [2.45, 2.75) is 154 Å². The fourth-order valence-corrected chi connectivity index (χ4v) is 8.16. The minimum absolute atomic E-state index is 0.145. The molecule has 3 saturated heterocycles. The second kappa shape index (κ2) is 19.1. The predicted octanol–water partition coefficient (Wildman–Crippen LogP) is 6.77. The van der Waals surface area contributed by atoms with Crippen LogP contribution in [0.1, 0.15) is 83.4 Å². The lowest BCUT2D eigenvalue weighted by molar-refractivity contribution is -0.336. The van der Waals surface area contributed by atoms with E-state index in [9.17, 15) is 9.59 Å². The molecule has 1 N–H and O–H groups in total. The van der Waals surface area contributed by atoms with Crippen LogP contribution in [-0.4, -0.2) is 85.6 Å². The molecule has 0 aromatic heterocycles. The molecule has 3 heterocycles. The SMILES string of the molecule is CC(=O)N[C@@H]1[C@@H](O[C@@H]2[C@H]3OC4(CCCCC4)O[C@H]3[C@H](OCc3ccccc3)O[C@H]2C)O[C@H](COC(=O)C(C)(C)C)[C@@H](OCc2ccccc2)[C@@H]1OCc1ccccc1. The summed E-state index contributed by atoms with van der Waals surface area (Å²) in [6.45, 7) is 9.37. The molecule has 314 valence electrons. The first kappa shape index (κ1) is 42.4. The highest BCUT2D eigenvalue weighted by Crippen LogP contribution is 2.46. The van der Waals surface area contributed by atoms with Gasteiger partial charge in [0.05, 0.1) is 31.3 Å². The van der Waals surface area contributed by atoms with Crippen molar-refractivity contribution < 1.29 is 52.2 Å². The zero-order valence-corrected chi connectivity index (χ0v) is 34.3. The second-order valence-electron chi connectivity index (χ2n) is 16.9. The Kier molecular flexibility index (Phi) is 14.0. The van der Waals surface area contributed by atoms with Crippen LogP contribution in [0.2, 0.25) is 0 Å². The maximum Gasteiger partial charge on any atom is 0.311 e. The van der Waals surface area contributed by atoms with E-state index in [-0.39, 0.29) is 25.7 Å². The highest BCUT2D eigenvalue weighted by Gasteiger charge is 2.60. The molecule has 3 aromatic carbocycles. The van der Waals surface area contributed by atoms with Crippen molar-refractivity contribution in [2.24, 2.45) is 5.41 Å². The number of carbonyl (C=O) groups excluding carboxylic acids is 2. The van der Waals surface area contributed by atoms with Gasteiger partial charge in [0.15, 0.2) is 18.4 Å². The molecule has 1 amide bonds. The smallest absolute Gasteiger partial charge is 0.311 e.